The number of carbonyl (C=O) groups is 2. The predicted molar refractivity (Wildman–Crippen MR) is 93.7 cm³/mol. The van der Waals surface area contributed by atoms with Crippen LogP contribution in [0.2, 0.25) is 0 Å². The quantitative estimate of drug-likeness (QED) is 0.721. The second-order valence-corrected chi connectivity index (χ2v) is 6.53. The van der Waals surface area contributed by atoms with E-state index in [9.17, 15) is 14.0 Å². The van der Waals surface area contributed by atoms with E-state index in [2.05, 4.69) is 16.7 Å². The Hall–Kier alpha value is -2.21. The zero-order chi connectivity index (χ0) is 17.4. The molecule has 0 aliphatic heterocycles. The Morgan fingerprint density at radius 1 is 1.17 bits per heavy atom. The minimum atomic E-state index is -0.401. The smallest absolute Gasteiger partial charge is 0.251 e. The van der Waals surface area contributed by atoms with Gasteiger partial charge in [0.15, 0.2) is 0 Å². The molecular weight excluding hydrogens is 327 g/mol. The topological polar surface area (TPSA) is 58.2 Å². The van der Waals surface area contributed by atoms with Crippen molar-refractivity contribution in [3.8, 4) is 0 Å². The van der Waals surface area contributed by atoms with Gasteiger partial charge in [-0.25, -0.2) is 4.39 Å². The molecule has 0 fully saturated rings. The van der Waals surface area contributed by atoms with Crippen LogP contribution in [0.5, 0.6) is 0 Å². The van der Waals surface area contributed by atoms with Gasteiger partial charge in [-0.3, -0.25) is 9.59 Å². The van der Waals surface area contributed by atoms with Gasteiger partial charge in [0, 0.05) is 30.0 Å². The van der Waals surface area contributed by atoms with Crippen LogP contribution < -0.4 is 10.6 Å². The summed E-state index contributed by atoms with van der Waals surface area (Å²) in [6.07, 6.45) is 2.18. The number of carbonyl (C=O) groups excluding carboxylic acids is 2. The molecule has 2 rings (SSSR count). The molecule has 0 radical (unpaired) electrons. The van der Waals surface area contributed by atoms with Gasteiger partial charge in [0.2, 0.25) is 5.91 Å². The Bertz CT molecular complexity index is 686. The molecule has 2 N–H and O–H groups in total. The summed E-state index contributed by atoms with van der Waals surface area (Å²) in [4.78, 5) is 24.8. The number of nitrogens with one attached hydrogen (secondary N) is 2. The summed E-state index contributed by atoms with van der Waals surface area (Å²) in [5.74, 6) is -0.773. The zero-order valence-corrected chi connectivity index (χ0v) is 14.4. The molecule has 0 atom stereocenters. The molecule has 128 valence electrons. The Balaban J connectivity index is 1.60. The maximum absolute atomic E-state index is 13.4. The zero-order valence-electron chi connectivity index (χ0n) is 13.6. The normalized spacial score (nSPS) is 10.4. The first-order valence-electron chi connectivity index (χ1n) is 7.89. The average molecular weight is 348 g/mol. The van der Waals surface area contributed by atoms with Crippen LogP contribution in [-0.2, 0) is 11.2 Å². The second kappa shape index (κ2) is 9.17. The Morgan fingerprint density at radius 3 is 2.67 bits per heavy atom. The van der Waals surface area contributed by atoms with E-state index >= 15 is 0 Å². The lowest BCUT2D eigenvalue weighted by molar-refractivity contribution is -0.121. The predicted octanol–water partition coefficient (Wildman–Crippen LogP) is 3.06. The third-order valence-electron chi connectivity index (χ3n) is 3.57. The molecule has 1 aromatic heterocycles. The van der Waals surface area contributed by atoms with E-state index < -0.39 is 5.82 Å². The third-order valence-corrected chi connectivity index (χ3v) is 4.51. The summed E-state index contributed by atoms with van der Waals surface area (Å²) < 4.78 is 13.4. The van der Waals surface area contributed by atoms with Crippen molar-refractivity contribution >= 4 is 23.2 Å². The summed E-state index contributed by atoms with van der Waals surface area (Å²) in [7, 11) is 0. The van der Waals surface area contributed by atoms with Gasteiger partial charge in [-0.15, -0.1) is 11.3 Å². The molecule has 4 nitrogen and oxygen atoms in total. The lowest BCUT2D eigenvalue weighted by atomic mass is 10.1. The van der Waals surface area contributed by atoms with Gasteiger partial charge in [0.1, 0.15) is 5.82 Å². The lowest BCUT2D eigenvalue weighted by Crippen LogP contribution is -2.34. The van der Waals surface area contributed by atoms with Gasteiger partial charge in [-0.05, 0) is 48.9 Å². The first kappa shape index (κ1) is 18.1. The van der Waals surface area contributed by atoms with Gasteiger partial charge in [-0.1, -0.05) is 12.1 Å². The molecule has 1 aromatic carbocycles. The number of rotatable bonds is 8. The summed E-state index contributed by atoms with van der Waals surface area (Å²) >= 11 is 1.69. The fourth-order valence-electron chi connectivity index (χ4n) is 2.18. The van der Waals surface area contributed by atoms with E-state index in [1.807, 2.05) is 11.4 Å². The maximum Gasteiger partial charge on any atom is 0.251 e. The standard InChI is InChI=1S/C18H21FN2O2S/c1-13-7-8-14(12-16(13)19)18(23)21-10-9-20-17(22)6-2-4-15-5-3-11-24-15/h3,5,7-8,11-12H,2,4,6,9-10H2,1H3,(H,20,22)(H,21,23). The van der Waals surface area contributed by atoms with E-state index in [4.69, 9.17) is 0 Å². The van der Waals surface area contributed by atoms with E-state index in [0.29, 0.717) is 25.1 Å². The van der Waals surface area contributed by atoms with Crippen molar-refractivity contribution < 1.29 is 14.0 Å². The summed E-state index contributed by atoms with van der Waals surface area (Å²) in [6.45, 7) is 2.31. The van der Waals surface area contributed by atoms with Crippen LogP contribution in [0.15, 0.2) is 35.7 Å². The fourth-order valence-corrected chi connectivity index (χ4v) is 2.93. The molecule has 0 spiro atoms. The highest BCUT2D eigenvalue weighted by atomic mass is 32.1. The molecule has 0 aliphatic carbocycles. The number of thiophene rings is 1. The van der Waals surface area contributed by atoms with Crippen LogP contribution in [0.25, 0.3) is 0 Å². The molecule has 0 aliphatic rings. The Morgan fingerprint density at radius 2 is 1.96 bits per heavy atom. The van der Waals surface area contributed by atoms with Gasteiger partial charge < -0.3 is 10.6 Å². The summed E-state index contributed by atoms with van der Waals surface area (Å²) in [6, 6.07) is 8.43. The van der Waals surface area contributed by atoms with Crippen LogP contribution in [0.3, 0.4) is 0 Å². The molecule has 0 saturated carbocycles. The molecular formula is C18H21FN2O2S. The van der Waals surface area contributed by atoms with Gasteiger partial charge in [0.25, 0.3) is 5.91 Å². The summed E-state index contributed by atoms with van der Waals surface area (Å²) in [5.41, 5.74) is 0.779. The first-order valence-corrected chi connectivity index (χ1v) is 8.77. The first-order chi connectivity index (χ1) is 11.6. The molecule has 2 amide bonds. The van der Waals surface area contributed by atoms with E-state index in [0.717, 1.165) is 12.8 Å². The van der Waals surface area contributed by atoms with Crippen molar-refractivity contribution in [2.45, 2.75) is 26.2 Å². The SMILES string of the molecule is Cc1ccc(C(=O)NCCNC(=O)CCCc2cccs2)cc1F. The largest absolute Gasteiger partial charge is 0.354 e. The van der Waals surface area contributed by atoms with Crippen molar-refractivity contribution in [3.63, 3.8) is 0 Å². The highest BCUT2D eigenvalue weighted by Gasteiger charge is 2.08. The molecule has 0 saturated heterocycles. The van der Waals surface area contributed by atoms with Crippen LogP contribution in [0, 0.1) is 12.7 Å². The molecule has 24 heavy (non-hydrogen) atoms. The third kappa shape index (κ3) is 5.77. The molecule has 2 aromatic rings. The van der Waals surface area contributed by atoms with Gasteiger partial charge >= 0.3 is 0 Å². The maximum atomic E-state index is 13.4. The average Bonchev–Trinajstić information content (AvgIpc) is 3.07. The van der Waals surface area contributed by atoms with Gasteiger partial charge in [-0.2, -0.15) is 0 Å². The molecule has 6 heteroatoms. The molecule has 0 bridgehead atoms. The number of hydrogen-bond acceptors (Lipinski definition) is 3. The van der Waals surface area contributed by atoms with Crippen molar-refractivity contribution in [2.24, 2.45) is 0 Å². The van der Waals surface area contributed by atoms with Crippen molar-refractivity contribution in [1.82, 2.24) is 10.6 Å². The van der Waals surface area contributed by atoms with Crippen LogP contribution in [-0.4, -0.2) is 24.9 Å². The number of benzene rings is 1. The number of amides is 2. The van der Waals surface area contributed by atoms with E-state index in [1.165, 1.54) is 10.9 Å². The highest BCUT2D eigenvalue weighted by Crippen LogP contribution is 2.11. The van der Waals surface area contributed by atoms with E-state index in [-0.39, 0.29) is 17.4 Å². The highest BCUT2D eigenvalue weighted by molar-refractivity contribution is 7.09. The number of aryl methyl sites for hydroxylation is 2. The van der Waals surface area contributed by atoms with Crippen LogP contribution >= 0.6 is 11.3 Å². The van der Waals surface area contributed by atoms with Crippen molar-refractivity contribution in [3.05, 3.63) is 57.5 Å². The lowest BCUT2D eigenvalue weighted by Gasteiger charge is -2.08. The second-order valence-electron chi connectivity index (χ2n) is 5.50. The van der Waals surface area contributed by atoms with Crippen LogP contribution in [0.1, 0.15) is 33.6 Å². The van der Waals surface area contributed by atoms with Crippen molar-refractivity contribution in [1.29, 1.82) is 0 Å². The molecule has 0 unspecified atom stereocenters. The number of hydrogen-bond donors (Lipinski definition) is 2. The fraction of sp³-hybridized carbons (Fsp3) is 0.333. The van der Waals surface area contributed by atoms with Crippen molar-refractivity contribution in [2.75, 3.05) is 13.1 Å². The minimum Gasteiger partial charge on any atom is -0.354 e. The van der Waals surface area contributed by atoms with Crippen LogP contribution in [0.4, 0.5) is 4.39 Å². The Labute approximate surface area is 145 Å². The monoisotopic (exact) mass is 348 g/mol. The van der Waals surface area contributed by atoms with Gasteiger partial charge in [0.05, 0.1) is 0 Å². The van der Waals surface area contributed by atoms with E-state index in [1.54, 1.807) is 30.4 Å². The Kier molecular flexibility index (Phi) is 6.93. The summed E-state index contributed by atoms with van der Waals surface area (Å²) in [5, 5.41) is 7.45. The number of halogens is 1. The minimum absolute atomic E-state index is 0.0258. The molecule has 1 heterocycles.